The topological polar surface area (TPSA) is 79.7 Å². The Labute approximate surface area is 134 Å². The lowest BCUT2D eigenvalue weighted by Gasteiger charge is -2.44. The van der Waals surface area contributed by atoms with Crippen LogP contribution in [0.4, 0.5) is 0 Å². The summed E-state index contributed by atoms with van der Waals surface area (Å²) in [6.07, 6.45) is 2.84. The van der Waals surface area contributed by atoms with Crippen molar-refractivity contribution in [2.45, 2.75) is 25.5 Å². The predicted octanol–water partition coefficient (Wildman–Crippen LogP) is 1.13. The van der Waals surface area contributed by atoms with Gasteiger partial charge in [-0.3, -0.25) is 9.78 Å². The molecular formula is C17H18N2O4. The number of hydrogen-bond acceptors (Lipinski definition) is 5. The summed E-state index contributed by atoms with van der Waals surface area (Å²) in [4.78, 5) is 30.4. The summed E-state index contributed by atoms with van der Waals surface area (Å²) in [5.74, 6) is -1.30. The lowest BCUT2D eigenvalue weighted by molar-refractivity contribution is -0.162. The molecule has 0 radical (unpaired) electrons. The molecule has 0 aliphatic carbocycles. The molecule has 0 unspecified atom stereocenters. The number of carbonyl (C=O) groups excluding carboxylic acids is 2. The standard InChI is InChI=1S/C17H18N2O4/c1-3-8-23-17(22)15-11(12-6-4-5-7-18-12)9-13-14(10(2)20)16(21)19(13)15/h3-7,10,13-14,20H,1,8-9H2,2H3/t10-,13-,14-/m1/s1. The van der Waals surface area contributed by atoms with Crippen molar-refractivity contribution in [3.05, 3.63) is 48.4 Å². The summed E-state index contributed by atoms with van der Waals surface area (Å²) < 4.78 is 5.12. The number of nitrogens with zero attached hydrogens (tertiary/aromatic N) is 2. The minimum atomic E-state index is -0.753. The van der Waals surface area contributed by atoms with Gasteiger partial charge in [-0.15, -0.1) is 0 Å². The molecule has 0 spiro atoms. The van der Waals surface area contributed by atoms with Crippen molar-refractivity contribution >= 4 is 17.4 Å². The summed E-state index contributed by atoms with van der Waals surface area (Å²) in [5, 5.41) is 9.80. The highest BCUT2D eigenvalue weighted by atomic mass is 16.5. The smallest absolute Gasteiger partial charge is 0.355 e. The van der Waals surface area contributed by atoms with Crippen molar-refractivity contribution in [1.82, 2.24) is 9.88 Å². The largest absolute Gasteiger partial charge is 0.457 e. The minimum Gasteiger partial charge on any atom is -0.457 e. The van der Waals surface area contributed by atoms with Crippen molar-refractivity contribution in [2.75, 3.05) is 6.61 Å². The average molecular weight is 314 g/mol. The summed E-state index contributed by atoms with van der Waals surface area (Å²) in [7, 11) is 0. The average Bonchev–Trinajstić information content (AvgIpc) is 2.88. The number of aliphatic hydroxyl groups is 1. The molecule has 1 N–H and O–H groups in total. The number of fused-ring (bicyclic) bond motifs is 1. The van der Waals surface area contributed by atoms with Crippen LogP contribution in [0.5, 0.6) is 0 Å². The van der Waals surface area contributed by atoms with Crippen LogP contribution in [0.1, 0.15) is 19.0 Å². The van der Waals surface area contributed by atoms with Gasteiger partial charge in [0, 0.05) is 11.8 Å². The Morgan fingerprint density at radius 2 is 2.39 bits per heavy atom. The van der Waals surface area contributed by atoms with E-state index in [1.165, 1.54) is 11.0 Å². The van der Waals surface area contributed by atoms with E-state index in [0.717, 1.165) is 0 Å². The van der Waals surface area contributed by atoms with Crippen molar-refractivity contribution in [1.29, 1.82) is 0 Å². The van der Waals surface area contributed by atoms with Gasteiger partial charge in [-0.25, -0.2) is 4.79 Å². The van der Waals surface area contributed by atoms with Crippen LogP contribution >= 0.6 is 0 Å². The normalized spacial score (nSPS) is 24.1. The molecule has 2 aliphatic heterocycles. The number of ether oxygens (including phenoxy) is 1. The minimum absolute atomic E-state index is 0.0738. The van der Waals surface area contributed by atoms with Crippen LogP contribution in [0.2, 0.25) is 0 Å². The fourth-order valence-corrected chi connectivity index (χ4v) is 3.23. The molecule has 1 aromatic heterocycles. The van der Waals surface area contributed by atoms with Crippen molar-refractivity contribution in [2.24, 2.45) is 5.92 Å². The Balaban J connectivity index is 1.98. The van der Waals surface area contributed by atoms with E-state index in [0.29, 0.717) is 17.7 Å². The highest BCUT2D eigenvalue weighted by Crippen LogP contribution is 2.46. The lowest BCUT2D eigenvalue weighted by Crippen LogP contribution is -2.61. The van der Waals surface area contributed by atoms with Crippen LogP contribution in [0.25, 0.3) is 5.57 Å². The van der Waals surface area contributed by atoms with Gasteiger partial charge in [0.2, 0.25) is 5.91 Å². The van der Waals surface area contributed by atoms with Crippen LogP contribution < -0.4 is 0 Å². The van der Waals surface area contributed by atoms with Crippen molar-refractivity contribution in [3.8, 4) is 0 Å². The Morgan fingerprint density at radius 3 is 3.00 bits per heavy atom. The number of aliphatic hydroxyl groups excluding tert-OH is 1. The highest BCUT2D eigenvalue weighted by molar-refractivity contribution is 6.06. The third-order valence-corrected chi connectivity index (χ3v) is 4.23. The van der Waals surface area contributed by atoms with Crippen LogP contribution in [-0.4, -0.2) is 45.6 Å². The van der Waals surface area contributed by atoms with Gasteiger partial charge in [-0.1, -0.05) is 18.7 Å². The van der Waals surface area contributed by atoms with E-state index < -0.39 is 18.0 Å². The fraction of sp³-hybridized carbons (Fsp3) is 0.353. The van der Waals surface area contributed by atoms with E-state index in [1.807, 2.05) is 6.07 Å². The molecule has 1 saturated heterocycles. The Morgan fingerprint density at radius 1 is 1.61 bits per heavy atom. The Bertz CT molecular complexity index is 681. The molecule has 0 aromatic carbocycles. The maximum absolute atomic E-state index is 12.4. The number of esters is 1. The first-order chi connectivity index (χ1) is 11.1. The predicted molar refractivity (Wildman–Crippen MR) is 82.7 cm³/mol. The van der Waals surface area contributed by atoms with Crippen LogP contribution in [-0.2, 0) is 14.3 Å². The number of rotatable bonds is 5. The molecule has 1 amide bonds. The van der Waals surface area contributed by atoms with Crippen molar-refractivity contribution in [3.63, 3.8) is 0 Å². The zero-order chi connectivity index (χ0) is 16.6. The summed E-state index contributed by atoms with van der Waals surface area (Å²) in [6, 6.07) is 5.19. The van der Waals surface area contributed by atoms with Gasteiger partial charge in [0.15, 0.2) is 0 Å². The summed E-state index contributed by atoms with van der Waals surface area (Å²) in [6.45, 7) is 5.18. The van der Waals surface area contributed by atoms with Gasteiger partial charge in [-0.2, -0.15) is 0 Å². The van der Waals surface area contributed by atoms with Gasteiger partial charge in [0.05, 0.1) is 23.8 Å². The number of hydrogen-bond donors (Lipinski definition) is 1. The van der Waals surface area contributed by atoms with Gasteiger partial charge in [-0.05, 0) is 25.5 Å². The van der Waals surface area contributed by atoms with E-state index in [-0.39, 0.29) is 24.3 Å². The molecule has 0 saturated carbocycles. The molecule has 23 heavy (non-hydrogen) atoms. The molecule has 120 valence electrons. The second-order valence-corrected chi connectivity index (χ2v) is 5.68. The first-order valence-electron chi connectivity index (χ1n) is 7.50. The highest BCUT2D eigenvalue weighted by Gasteiger charge is 2.57. The molecule has 6 heteroatoms. The van der Waals surface area contributed by atoms with Crippen LogP contribution in [0.3, 0.4) is 0 Å². The summed E-state index contributed by atoms with van der Waals surface area (Å²) in [5.41, 5.74) is 1.56. The van der Waals surface area contributed by atoms with E-state index in [2.05, 4.69) is 11.6 Å². The number of pyridine rings is 1. The number of amides is 1. The Kier molecular flexibility index (Phi) is 4.00. The van der Waals surface area contributed by atoms with E-state index in [9.17, 15) is 14.7 Å². The molecular weight excluding hydrogens is 296 g/mol. The second kappa shape index (κ2) is 5.96. The number of β-lactam (4-membered cyclic amide) rings is 1. The van der Waals surface area contributed by atoms with Gasteiger partial charge < -0.3 is 14.7 Å². The van der Waals surface area contributed by atoms with Gasteiger partial charge >= 0.3 is 5.97 Å². The van der Waals surface area contributed by atoms with Gasteiger partial charge in [0.1, 0.15) is 12.3 Å². The van der Waals surface area contributed by atoms with Crippen LogP contribution in [0.15, 0.2) is 42.7 Å². The molecule has 1 aromatic rings. The second-order valence-electron chi connectivity index (χ2n) is 5.68. The van der Waals surface area contributed by atoms with Crippen LogP contribution in [0, 0.1) is 5.92 Å². The third kappa shape index (κ3) is 2.45. The number of carbonyl (C=O) groups is 2. The molecule has 6 nitrogen and oxygen atoms in total. The lowest BCUT2D eigenvalue weighted by atomic mass is 9.83. The zero-order valence-electron chi connectivity index (χ0n) is 12.8. The molecule has 3 atom stereocenters. The quantitative estimate of drug-likeness (QED) is 0.501. The van der Waals surface area contributed by atoms with E-state index >= 15 is 0 Å². The molecule has 3 rings (SSSR count). The molecule has 3 heterocycles. The first-order valence-corrected chi connectivity index (χ1v) is 7.50. The van der Waals surface area contributed by atoms with Gasteiger partial charge in [0.25, 0.3) is 0 Å². The first kappa shape index (κ1) is 15.4. The molecule has 2 aliphatic rings. The zero-order valence-corrected chi connectivity index (χ0v) is 12.8. The molecule has 1 fully saturated rings. The monoisotopic (exact) mass is 314 g/mol. The third-order valence-electron chi connectivity index (χ3n) is 4.23. The summed E-state index contributed by atoms with van der Waals surface area (Å²) >= 11 is 0. The van der Waals surface area contributed by atoms with E-state index in [1.54, 1.807) is 25.3 Å². The van der Waals surface area contributed by atoms with E-state index in [4.69, 9.17) is 4.74 Å². The maximum Gasteiger partial charge on any atom is 0.355 e. The molecule has 0 bridgehead atoms. The fourth-order valence-electron chi connectivity index (χ4n) is 3.23. The Hall–Kier alpha value is -2.47. The SMILES string of the molecule is C=CCOC(=O)C1=C(c2ccccn2)C[C@@H]2[C@@H]([C@@H](C)O)C(=O)N12. The maximum atomic E-state index is 12.4. The van der Waals surface area contributed by atoms with Crippen molar-refractivity contribution < 1.29 is 19.4 Å². The number of aromatic nitrogens is 1.